The summed E-state index contributed by atoms with van der Waals surface area (Å²) in [6.45, 7) is 0.814. The number of carboxylic acid groups (broad SMARTS) is 1. The summed E-state index contributed by atoms with van der Waals surface area (Å²) in [5.74, 6) is 0.0740. The number of nitrogen functional groups attached to an aromatic ring is 1. The topological polar surface area (TPSA) is 129 Å². The number of benzene rings is 2. The summed E-state index contributed by atoms with van der Waals surface area (Å²) in [5, 5.41) is 14.6. The maximum atomic E-state index is 12.9. The first-order valence-electron chi connectivity index (χ1n) is 9.79. The molecule has 0 aromatic heterocycles. The summed E-state index contributed by atoms with van der Waals surface area (Å²) in [5.41, 5.74) is 7.49. The maximum absolute atomic E-state index is 12.9. The molecule has 9 nitrogen and oxygen atoms in total. The molecule has 2 aromatic rings. The number of halogens is 2. The molecule has 11 heteroatoms. The third-order valence-corrected chi connectivity index (χ3v) is 5.61. The van der Waals surface area contributed by atoms with Crippen molar-refractivity contribution < 1.29 is 19.4 Å². The number of amides is 2. The molecule has 3 rings (SSSR count). The molecule has 2 amide bonds. The lowest BCUT2D eigenvalue weighted by Gasteiger charge is -2.24. The summed E-state index contributed by atoms with van der Waals surface area (Å²) >= 11 is 12.1. The van der Waals surface area contributed by atoms with Crippen LogP contribution in [0.15, 0.2) is 41.4 Å². The molecule has 32 heavy (non-hydrogen) atoms. The van der Waals surface area contributed by atoms with Gasteiger partial charge in [-0.05, 0) is 54.8 Å². The van der Waals surface area contributed by atoms with Gasteiger partial charge in [0.25, 0.3) is 5.91 Å². The van der Waals surface area contributed by atoms with Gasteiger partial charge in [0, 0.05) is 18.8 Å². The Bertz CT molecular complexity index is 1010. The minimum atomic E-state index is -1.35. The van der Waals surface area contributed by atoms with Crippen molar-refractivity contribution in [3.63, 3.8) is 0 Å². The molecule has 1 atom stereocenters. The summed E-state index contributed by atoms with van der Waals surface area (Å²) < 4.78 is 5.18. The predicted octanol–water partition coefficient (Wildman–Crippen LogP) is 3.49. The molecule has 0 saturated carbocycles. The van der Waals surface area contributed by atoms with Crippen LogP contribution in [0.1, 0.15) is 18.4 Å². The third kappa shape index (κ3) is 5.74. The van der Waals surface area contributed by atoms with Crippen LogP contribution in [0.5, 0.6) is 5.75 Å². The van der Waals surface area contributed by atoms with Crippen molar-refractivity contribution in [2.45, 2.75) is 25.4 Å². The molecule has 1 unspecified atom stereocenters. The smallest absolute Gasteiger partial charge is 0.411 e. The van der Waals surface area contributed by atoms with E-state index in [1.807, 2.05) is 29.2 Å². The lowest BCUT2D eigenvalue weighted by Crippen LogP contribution is -2.43. The highest BCUT2D eigenvalue weighted by molar-refractivity contribution is 6.38. The summed E-state index contributed by atoms with van der Waals surface area (Å²) in [4.78, 5) is 30.1. The molecule has 5 N–H and O–H groups in total. The molecule has 0 aliphatic carbocycles. The number of carbonyl (C=O) groups is 2. The number of hydrogen-bond acceptors (Lipinski definition) is 5. The molecule has 2 aromatic carbocycles. The predicted molar refractivity (Wildman–Crippen MR) is 125 cm³/mol. The van der Waals surface area contributed by atoms with Crippen molar-refractivity contribution in [2.75, 3.05) is 24.3 Å². The first-order chi connectivity index (χ1) is 15.3. The monoisotopic (exact) mass is 479 g/mol. The fourth-order valence-corrected chi connectivity index (χ4v) is 3.96. The van der Waals surface area contributed by atoms with Crippen LogP contribution in [0.3, 0.4) is 0 Å². The molecule has 1 aliphatic rings. The highest BCUT2D eigenvalue weighted by atomic mass is 35.5. The van der Waals surface area contributed by atoms with E-state index in [-0.39, 0.29) is 28.2 Å². The van der Waals surface area contributed by atoms with E-state index < -0.39 is 18.0 Å². The van der Waals surface area contributed by atoms with Gasteiger partial charge in [0.1, 0.15) is 11.8 Å². The van der Waals surface area contributed by atoms with Crippen LogP contribution in [0.25, 0.3) is 0 Å². The first kappa shape index (κ1) is 23.5. The lowest BCUT2D eigenvalue weighted by atomic mass is 10.2. The zero-order valence-electron chi connectivity index (χ0n) is 17.3. The van der Waals surface area contributed by atoms with Gasteiger partial charge in [-0.2, -0.15) is 4.99 Å². The van der Waals surface area contributed by atoms with Crippen LogP contribution in [0.4, 0.5) is 16.2 Å². The van der Waals surface area contributed by atoms with Gasteiger partial charge in [-0.3, -0.25) is 10.1 Å². The number of guanidine groups is 1. The van der Waals surface area contributed by atoms with Crippen molar-refractivity contribution in [3.8, 4) is 5.75 Å². The molecular formula is C21H23Cl2N5O4. The van der Waals surface area contributed by atoms with E-state index in [4.69, 9.17) is 38.8 Å². The van der Waals surface area contributed by atoms with Crippen LogP contribution < -0.4 is 26.0 Å². The van der Waals surface area contributed by atoms with E-state index in [1.165, 1.54) is 0 Å². The van der Waals surface area contributed by atoms with E-state index in [1.54, 1.807) is 19.2 Å². The summed E-state index contributed by atoms with van der Waals surface area (Å²) in [6, 6.07) is 10.1. The van der Waals surface area contributed by atoms with E-state index in [9.17, 15) is 9.59 Å². The molecule has 0 spiro atoms. The Kier molecular flexibility index (Phi) is 7.66. The SMILES string of the molecule is COc1ccc(N2CCCC2C(=O)/N=C(/NCc2cc(Cl)c(N)c(Cl)c2)NC(=O)O)cc1. The van der Waals surface area contributed by atoms with Crippen molar-refractivity contribution in [2.24, 2.45) is 4.99 Å². The van der Waals surface area contributed by atoms with Crippen LogP contribution in [0.2, 0.25) is 10.0 Å². The van der Waals surface area contributed by atoms with Crippen LogP contribution in [-0.4, -0.2) is 42.8 Å². The van der Waals surface area contributed by atoms with E-state index in [2.05, 4.69) is 15.6 Å². The number of hydrogen-bond donors (Lipinski definition) is 4. The molecule has 0 bridgehead atoms. The van der Waals surface area contributed by atoms with Gasteiger partial charge in [0.15, 0.2) is 0 Å². The van der Waals surface area contributed by atoms with Crippen molar-refractivity contribution >= 4 is 52.5 Å². The minimum absolute atomic E-state index is 0.124. The Morgan fingerprint density at radius 1 is 1.25 bits per heavy atom. The molecular weight excluding hydrogens is 457 g/mol. The van der Waals surface area contributed by atoms with E-state index in [0.29, 0.717) is 24.3 Å². The van der Waals surface area contributed by atoms with Crippen molar-refractivity contribution in [3.05, 3.63) is 52.0 Å². The average Bonchev–Trinajstić information content (AvgIpc) is 3.25. The summed E-state index contributed by atoms with van der Waals surface area (Å²) in [6.07, 6.45) is 0.0730. The Hall–Kier alpha value is -3.17. The maximum Gasteiger partial charge on any atom is 0.411 e. The van der Waals surface area contributed by atoms with Gasteiger partial charge in [-0.15, -0.1) is 0 Å². The zero-order valence-corrected chi connectivity index (χ0v) is 18.8. The molecule has 170 valence electrons. The number of nitrogens with one attached hydrogen (secondary N) is 2. The van der Waals surface area contributed by atoms with Crippen LogP contribution in [-0.2, 0) is 11.3 Å². The molecule has 1 aliphatic heterocycles. The number of rotatable bonds is 5. The minimum Gasteiger partial charge on any atom is -0.497 e. The molecule has 1 fully saturated rings. The Morgan fingerprint density at radius 3 is 2.50 bits per heavy atom. The Labute approximate surface area is 195 Å². The van der Waals surface area contributed by atoms with Gasteiger partial charge in [0.2, 0.25) is 5.96 Å². The second-order valence-corrected chi connectivity index (χ2v) is 7.92. The highest BCUT2D eigenvalue weighted by Gasteiger charge is 2.31. The zero-order chi connectivity index (χ0) is 23.3. The Balaban J connectivity index is 1.75. The normalized spacial score (nSPS) is 16.0. The third-order valence-electron chi connectivity index (χ3n) is 4.99. The standard InChI is InChI=1S/C21H23Cl2N5O4/c1-32-14-6-4-13(5-7-14)28-8-2-3-17(28)19(29)26-20(27-21(30)31)25-11-12-9-15(22)18(24)16(23)10-12/h4-7,9-10,17H,2-3,8,11,24H2,1H3,(H,30,31)(H2,25,26,27,29). The molecule has 0 radical (unpaired) electrons. The average molecular weight is 480 g/mol. The Morgan fingerprint density at radius 2 is 1.91 bits per heavy atom. The number of carbonyl (C=O) groups excluding carboxylic acids is 1. The molecule has 1 saturated heterocycles. The van der Waals surface area contributed by atoms with Gasteiger partial charge in [-0.25, -0.2) is 4.79 Å². The number of ether oxygens (including phenoxy) is 1. The summed E-state index contributed by atoms with van der Waals surface area (Å²) in [7, 11) is 1.59. The lowest BCUT2D eigenvalue weighted by molar-refractivity contribution is -0.118. The van der Waals surface area contributed by atoms with Gasteiger partial charge >= 0.3 is 6.09 Å². The fraction of sp³-hybridized carbons (Fsp3) is 0.286. The van der Waals surface area contributed by atoms with Gasteiger partial charge in [0.05, 0.1) is 22.8 Å². The number of anilines is 2. The second kappa shape index (κ2) is 10.4. The number of nitrogens with two attached hydrogens (primary N) is 1. The van der Waals surface area contributed by atoms with Crippen molar-refractivity contribution in [1.82, 2.24) is 10.6 Å². The number of methoxy groups -OCH3 is 1. The highest BCUT2D eigenvalue weighted by Crippen LogP contribution is 2.29. The fourth-order valence-electron chi connectivity index (χ4n) is 3.43. The second-order valence-electron chi connectivity index (χ2n) is 7.10. The van der Waals surface area contributed by atoms with E-state index in [0.717, 1.165) is 12.1 Å². The number of aliphatic imine (C=N–C) groups is 1. The number of nitrogens with zero attached hydrogens (tertiary/aromatic N) is 2. The van der Waals surface area contributed by atoms with E-state index >= 15 is 0 Å². The van der Waals surface area contributed by atoms with Crippen LogP contribution in [0, 0.1) is 0 Å². The van der Waals surface area contributed by atoms with Crippen molar-refractivity contribution in [1.29, 1.82) is 0 Å². The molecule has 1 heterocycles. The largest absolute Gasteiger partial charge is 0.497 e. The van der Waals surface area contributed by atoms with Crippen LogP contribution >= 0.6 is 23.2 Å². The van der Waals surface area contributed by atoms with Gasteiger partial charge < -0.3 is 25.8 Å². The first-order valence-corrected chi connectivity index (χ1v) is 10.5. The quantitative estimate of drug-likeness (QED) is 0.293. The van der Waals surface area contributed by atoms with Gasteiger partial charge in [-0.1, -0.05) is 23.2 Å².